The van der Waals surface area contributed by atoms with Gasteiger partial charge < -0.3 is 9.67 Å². The van der Waals surface area contributed by atoms with Gasteiger partial charge in [-0.25, -0.2) is 18.1 Å². The van der Waals surface area contributed by atoms with Gasteiger partial charge in [0, 0.05) is 19.8 Å². The number of nitrogens with zero attached hydrogens (tertiary/aromatic N) is 2. The molecular weight excluding hydrogens is 314 g/mol. The maximum atomic E-state index is 12.4. The Bertz CT molecular complexity index is 720. The van der Waals surface area contributed by atoms with Gasteiger partial charge in [0.05, 0.1) is 6.10 Å². The Labute approximate surface area is 137 Å². The highest BCUT2D eigenvalue weighted by Crippen LogP contribution is 2.21. The SMILES string of the molecule is Cc1nc(S(=O)(=O)NCC(CC(C)O)c2ccccc2)cn1C. The van der Waals surface area contributed by atoms with E-state index in [0.717, 1.165) is 5.56 Å². The Morgan fingerprint density at radius 1 is 1.30 bits per heavy atom. The summed E-state index contributed by atoms with van der Waals surface area (Å²) in [6, 6.07) is 9.59. The van der Waals surface area contributed by atoms with Crippen LogP contribution in [0.1, 0.15) is 30.7 Å². The van der Waals surface area contributed by atoms with Crippen LogP contribution in [-0.4, -0.2) is 35.7 Å². The molecule has 0 aliphatic heterocycles. The number of benzene rings is 1. The van der Waals surface area contributed by atoms with Gasteiger partial charge in [0.15, 0.2) is 5.03 Å². The second-order valence-corrected chi connectivity index (χ2v) is 7.50. The number of aryl methyl sites for hydroxylation is 2. The molecule has 0 aliphatic carbocycles. The van der Waals surface area contributed by atoms with Gasteiger partial charge in [-0.05, 0) is 31.7 Å². The smallest absolute Gasteiger partial charge is 0.259 e. The molecule has 1 aromatic heterocycles. The Morgan fingerprint density at radius 2 is 1.96 bits per heavy atom. The zero-order valence-electron chi connectivity index (χ0n) is 13.6. The number of imidazole rings is 1. The molecule has 23 heavy (non-hydrogen) atoms. The fourth-order valence-corrected chi connectivity index (χ4v) is 3.53. The average molecular weight is 337 g/mol. The third-order valence-corrected chi connectivity index (χ3v) is 5.07. The van der Waals surface area contributed by atoms with Crippen LogP contribution in [0.25, 0.3) is 0 Å². The monoisotopic (exact) mass is 337 g/mol. The first-order valence-corrected chi connectivity index (χ1v) is 9.00. The third-order valence-electron chi connectivity index (χ3n) is 3.78. The van der Waals surface area contributed by atoms with E-state index >= 15 is 0 Å². The van der Waals surface area contributed by atoms with E-state index in [1.807, 2.05) is 30.3 Å². The van der Waals surface area contributed by atoms with Crippen LogP contribution in [-0.2, 0) is 17.1 Å². The molecule has 2 atom stereocenters. The summed E-state index contributed by atoms with van der Waals surface area (Å²) in [7, 11) is -1.91. The molecule has 0 aliphatic rings. The summed E-state index contributed by atoms with van der Waals surface area (Å²) in [5.74, 6) is 0.532. The molecule has 2 rings (SSSR count). The number of rotatable bonds is 7. The Balaban J connectivity index is 2.14. The second kappa shape index (κ2) is 7.25. The van der Waals surface area contributed by atoms with Crippen LogP contribution in [0.3, 0.4) is 0 Å². The molecule has 0 amide bonds. The van der Waals surface area contributed by atoms with E-state index in [4.69, 9.17) is 0 Å². The maximum absolute atomic E-state index is 12.4. The zero-order valence-corrected chi connectivity index (χ0v) is 14.4. The predicted octanol–water partition coefficient (Wildman–Crippen LogP) is 1.56. The topological polar surface area (TPSA) is 84.2 Å². The van der Waals surface area contributed by atoms with Gasteiger partial charge in [0.25, 0.3) is 10.0 Å². The van der Waals surface area contributed by atoms with Crippen LogP contribution in [0, 0.1) is 6.92 Å². The highest BCUT2D eigenvalue weighted by molar-refractivity contribution is 7.89. The van der Waals surface area contributed by atoms with E-state index < -0.39 is 16.1 Å². The van der Waals surface area contributed by atoms with Crippen LogP contribution >= 0.6 is 0 Å². The summed E-state index contributed by atoms with van der Waals surface area (Å²) >= 11 is 0. The van der Waals surface area contributed by atoms with E-state index in [2.05, 4.69) is 9.71 Å². The number of aliphatic hydroxyl groups is 1. The van der Waals surface area contributed by atoms with Crippen molar-refractivity contribution < 1.29 is 13.5 Å². The lowest BCUT2D eigenvalue weighted by Crippen LogP contribution is -2.30. The molecule has 1 aromatic carbocycles. The number of hydrogen-bond acceptors (Lipinski definition) is 4. The van der Waals surface area contributed by atoms with Gasteiger partial charge in [0.1, 0.15) is 5.82 Å². The largest absolute Gasteiger partial charge is 0.393 e. The first-order chi connectivity index (χ1) is 10.8. The lowest BCUT2D eigenvalue weighted by Gasteiger charge is -2.19. The van der Waals surface area contributed by atoms with Crippen LogP contribution < -0.4 is 4.72 Å². The maximum Gasteiger partial charge on any atom is 0.259 e. The quantitative estimate of drug-likeness (QED) is 0.803. The van der Waals surface area contributed by atoms with Gasteiger partial charge >= 0.3 is 0 Å². The van der Waals surface area contributed by atoms with E-state index in [0.29, 0.717) is 12.2 Å². The van der Waals surface area contributed by atoms with E-state index in [9.17, 15) is 13.5 Å². The molecular formula is C16H23N3O3S. The molecule has 1 heterocycles. The first-order valence-electron chi connectivity index (χ1n) is 7.52. The van der Waals surface area contributed by atoms with Crippen molar-refractivity contribution in [3.05, 3.63) is 47.9 Å². The van der Waals surface area contributed by atoms with Crippen molar-refractivity contribution in [2.75, 3.05) is 6.54 Å². The summed E-state index contributed by atoms with van der Waals surface area (Å²) in [5.41, 5.74) is 0.994. The van der Waals surface area contributed by atoms with Crippen molar-refractivity contribution in [2.24, 2.45) is 7.05 Å². The molecule has 0 saturated heterocycles. The Hall–Kier alpha value is -1.70. The number of aromatic nitrogens is 2. The van der Waals surface area contributed by atoms with Crippen molar-refractivity contribution in [1.82, 2.24) is 14.3 Å². The highest BCUT2D eigenvalue weighted by atomic mass is 32.2. The zero-order chi connectivity index (χ0) is 17.0. The minimum atomic E-state index is -3.66. The third kappa shape index (κ3) is 4.63. The lowest BCUT2D eigenvalue weighted by atomic mass is 9.94. The van der Waals surface area contributed by atoms with Crippen molar-refractivity contribution >= 4 is 10.0 Å². The molecule has 0 spiro atoms. The summed E-state index contributed by atoms with van der Waals surface area (Å²) in [5, 5.41) is 9.69. The molecule has 6 nitrogen and oxygen atoms in total. The van der Waals surface area contributed by atoms with Crippen molar-refractivity contribution in [2.45, 2.75) is 37.3 Å². The fourth-order valence-electron chi connectivity index (χ4n) is 2.41. The Morgan fingerprint density at radius 3 is 2.48 bits per heavy atom. The van der Waals surface area contributed by atoms with Crippen molar-refractivity contribution in [3.63, 3.8) is 0 Å². The molecule has 126 valence electrons. The number of hydrogen-bond donors (Lipinski definition) is 2. The number of nitrogens with one attached hydrogen (secondary N) is 1. The number of aliphatic hydroxyl groups excluding tert-OH is 1. The van der Waals surface area contributed by atoms with E-state index in [-0.39, 0.29) is 17.5 Å². The standard InChI is InChI=1S/C16H23N3O3S/c1-12(20)9-15(14-7-5-4-6-8-14)10-17-23(21,22)16-11-19(3)13(2)18-16/h4-8,11-12,15,17,20H,9-10H2,1-3H3. The summed E-state index contributed by atoms with van der Waals surface area (Å²) in [4.78, 5) is 4.06. The van der Waals surface area contributed by atoms with Gasteiger partial charge in [-0.15, -0.1) is 0 Å². The molecule has 7 heteroatoms. The van der Waals surface area contributed by atoms with Crippen LogP contribution in [0.2, 0.25) is 0 Å². The molecule has 0 radical (unpaired) electrons. The minimum Gasteiger partial charge on any atom is -0.393 e. The molecule has 0 saturated carbocycles. The molecule has 2 N–H and O–H groups in total. The van der Waals surface area contributed by atoms with Gasteiger partial charge in [-0.1, -0.05) is 30.3 Å². The van der Waals surface area contributed by atoms with Gasteiger partial charge in [0.2, 0.25) is 0 Å². The minimum absolute atomic E-state index is 0.0151. The fraction of sp³-hybridized carbons (Fsp3) is 0.438. The molecule has 0 bridgehead atoms. The lowest BCUT2D eigenvalue weighted by molar-refractivity contribution is 0.174. The predicted molar refractivity (Wildman–Crippen MR) is 88.6 cm³/mol. The van der Waals surface area contributed by atoms with Crippen LogP contribution in [0.15, 0.2) is 41.6 Å². The Kier molecular flexibility index (Phi) is 5.56. The molecule has 2 aromatic rings. The van der Waals surface area contributed by atoms with E-state index in [1.54, 1.807) is 25.5 Å². The van der Waals surface area contributed by atoms with Crippen LogP contribution in [0.5, 0.6) is 0 Å². The summed E-state index contributed by atoms with van der Waals surface area (Å²) in [6.07, 6.45) is 1.46. The van der Waals surface area contributed by atoms with Crippen molar-refractivity contribution in [1.29, 1.82) is 0 Å². The van der Waals surface area contributed by atoms with Gasteiger partial charge in [-0.2, -0.15) is 0 Å². The van der Waals surface area contributed by atoms with Crippen molar-refractivity contribution in [3.8, 4) is 0 Å². The molecule has 2 unspecified atom stereocenters. The normalized spacial score (nSPS) is 14.6. The highest BCUT2D eigenvalue weighted by Gasteiger charge is 2.22. The second-order valence-electron chi connectivity index (χ2n) is 5.78. The number of sulfonamides is 1. The summed E-state index contributed by atoms with van der Waals surface area (Å²) < 4.78 is 29.0. The molecule has 0 fully saturated rings. The average Bonchev–Trinajstić information content (AvgIpc) is 2.84. The van der Waals surface area contributed by atoms with Crippen LogP contribution in [0.4, 0.5) is 0 Å². The van der Waals surface area contributed by atoms with Gasteiger partial charge in [-0.3, -0.25) is 0 Å². The van der Waals surface area contributed by atoms with E-state index in [1.165, 1.54) is 6.20 Å². The first kappa shape index (κ1) is 17.7. The summed E-state index contributed by atoms with van der Waals surface area (Å²) in [6.45, 7) is 3.67.